The third kappa shape index (κ3) is 39.0. The predicted molar refractivity (Wildman–Crippen MR) is 219 cm³/mol. The fraction of sp³-hybridized carbons (Fsp3) is 0.674. The maximum Gasteiger partial charge on any atom is 0.472 e. The van der Waals surface area contributed by atoms with Crippen molar-refractivity contribution in [2.24, 2.45) is 5.73 Å². The lowest BCUT2D eigenvalue weighted by atomic mass is 10.1. The summed E-state index contributed by atoms with van der Waals surface area (Å²) in [5, 5.41) is 0. The van der Waals surface area contributed by atoms with E-state index in [1.165, 1.54) is 83.1 Å². The van der Waals surface area contributed by atoms with Crippen LogP contribution in [0.3, 0.4) is 0 Å². The molecule has 53 heavy (non-hydrogen) atoms. The number of unbranched alkanes of at least 4 members (excludes halogenated alkanes) is 14. The maximum absolute atomic E-state index is 12.5. The summed E-state index contributed by atoms with van der Waals surface area (Å²) in [4.78, 5) is 34.6. The highest BCUT2D eigenvalue weighted by Crippen LogP contribution is 2.43. The first-order chi connectivity index (χ1) is 25.8. The minimum atomic E-state index is -4.36. The minimum Gasteiger partial charge on any atom is -0.498 e. The zero-order valence-corrected chi connectivity index (χ0v) is 34.1. The monoisotopic (exact) mass is 764 g/mol. The molecule has 0 aromatic carbocycles. The average Bonchev–Trinajstić information content (AvgIpc) is 3.14. The molecule has 2 atom stereocenters. The molecule has 0 spiro atoms. The number of allylic oxidation sites excluding steroid dienone is 11. The average molecular weight is 764 g/mol. The number of nitrogens with two attached hydrogens (primary N) is 1. The normalized spacial score (nSPS) is 14.1. The predicted octanol–water partition coefficient (Wildman–Crippen LogP) is 11.5. The standard InChI is InChI=1S/C43H74NO8P/c1-3-5-7-9-11-13-15-17-18-19-21-23-25-27-29-31-37-49-39-42(40-51-53(47,48)50-38-36-44)52-43(46)35-32-34-41(45)33-30-28-26-24-22-20-16-14-12-10-8-6-4-2/h12,14,17-18,20,22,26,28,30-31,33,37,42H,3-11,13,15-16,19,21,23-25,27,29,32,34-36,38-40,44H2,1-2H3,(H,47,48)/b14-12-,18-17-,22-20-,28-26-,33-30+,37-31+/t42-/m1/s1. The summed E-state index contributed by atoms with van der Waals surface area (Å²) >= 11 is 0. The molecule has 3 N–H and O–H groups in total. The lowest BCUT2D eigenvalue weighted by molar-refractivity contribution is -0.153. The van der Waals surface area contributed by atoms with Gasteiger partial charge in [0, 0.05) is 19.4 Å². The zero-order chi connectivity index (χ0) is 38.9. The van der Waals surface area contributed by atoms with E-state index in [1.807, 2.05) is 18.2 Å². The zero-order valence-electron chi connectivity index (χ0n) is 33.2. The molecule has 0 amide bonds. The van der Waals surface area contributed by atoms with Crippen molar-refractivity contribution in [2.75, 3.05) is 26.4 Å². The van der Waals surface area contributed by atoms with Crippen LogP contribution >= 0.6 is 7.82 Å². The molecule has 0 aliphatic rings. The molecule has 0 saturated carbocycles. The van der Waals surface area contributed by atoms with Crippen LogP contribution in [0.25, 0.3) is 0 Å². The van der Waals surface area contributed by atoms with E-state index in [-0.39, 0.29) is 38.4 Å². The second-order valence-corrected chi connectivity index (χ2v) is 14.7. The molecule has 304 valence electrons. The van der Waals surface area contributed by atoms with Crippen molar-refractivity contribution in [3.8, 4) is 0 Å². The van der Waals surface area contributed by atoms with Crippen LogP contribution in [0.2, 0.25) is 0 Å². The Labute approximate surface area is 322 Å². The Balaban J connectivity index is 4.37. The van der Waals surface area contributed by atoms with Gasteiger partial charge in [-0.1, -0.05) is 126 Å². The fourth-order valence-corrected chi connectivity index (χ4v) is 5.85. The van der Waals surface area contributed by atoms with Crippen molar-refractivity contribution in [1.82, 2.24) is 0 Å². The molecule has 0 aliphatic carbocycles. The molecule has 0 radical (unpaired) electrons. The Bertz CT molecular complexity index is 1100. The summed E-state index contributed by atoms with van der Waals surface area (Å²) in [6.45, 7) is 3.89. The molecule has 10 heteroatoms. The van der Waals surface area contributed by atoms with E-state index in [0.717, 1.165) is 44.9 Å². The van der Waals surface area contributed by atoms with E-state index in [1.54, 1.807) is 12.3 Å². The minimum absolute atomic E-state index is 0.00891. The first-order valence-electron chi connectivity index (χ1n) is 20.4. The lowest BCUT2D eigenvalue weighted by Gasteiger charge is -2.19. The lowest BCUT2D eigenvalue weighted by Crippen LogP contribution is -2.28. The number of ketones is 1. The Morgan fingerprint density at radius 2 is 1.19 bits per heavy atom. The topological polar surface area (TPSA) is 134 Å². The van der Waals surface area contributed by atoms with Crippen LogP contribution in [0.4, 0.5) is 0 Å². The highest BCUT2D eigenvalue weighted by molar-refractivity contribution is 7.47. The van der Waals surface area contributed by atoms with Crippen molar-refractivity contribution >= 4 is 19.6 Å². The van der Waals surface area contributed by atoms with Gasteiger partial charge in [0.15, 0.2) is 11.9 Å². The number of hydrogen-bond acceptors (Lipinski definition) is 8. The second kappa shape index (κ2) is 39.2. The van der Waals surface area contributed by atoms with Gasteiger partial charge < -0.3 is 20.1 Å². The van der Waals surface area contributed by atoms with Crippen molar-refractivity contribution in [3.63, 3.8) is 0 Å². The van der Waals surface area contributed by atoms with Crippen molar-refractivity contribution in [1.29, 1.82) is 0 Å². The number of ether oxygens (including phenoxy) is 2. The molecule has 0 rings (SSSR count). The van der Waals surface area contributed by atoms with Crippen molar-refractivity contribution < 1.29 is 37.6 Å². The molecule has 1 unspecified atom stereocenters. The van der Waals surface area contributed by atoms with Gasteiger partial charge in [0.2, 0.25) is 0 Å². The smallest absolute Gasteiger partial charge is 0.472 e. The highest BCUT2D eigenvalue weighted by atomic mass is 31.2. The summed E-state index contributed by atoms with van der Waals surface area (Å²) in [5.41, 5.74) is 5.34. The van der Waals surface area contributed by atoms with E-state index in [4.69, 9.17) is 24.3 Å². The maximum atomic E-state index is 12.5. The number of esters is 1. The fourth-order valence-electron chi connectivity index (χ4n) is 5.08. The number of hydrogen-bond donors (Lipinski definition) is 2. The number of rotatable bonds is 38. The molecule has 0 bridgehead atoms. The SMILES string of the molecule is CCCCC/C=C\C/C=C\C/C=C\C=C\C(=O)CCCC(=O)O[C@H](CO/C=C/CCCCCC/C=C\CCCCCCCC)COP(=O)(O)OCCN. The van der Waals surface area contributed by atoms with Crippen molar-refractivity contribution in [3.05, 3.63) is 73.1 Å². The third-order valence-electron chi connectivity index (χ3n) is 8.14. The van der Waals surface area contributed by atoms with E-state index >= 15 is 0 Å². The van der Waals surface area contributed by atoms with Crippen LogP contribution in [0.15, 0.2) is 73.1 Å². The Hall–Kier alpha value is -2.55. The van der Waals surface area contributed by atoms with E-state index < -0.39 is 26.5 Å². The van der Waals surface area contributed by atoms with Crippen LogP contribution in [0, 0.1) is 0 Å². The van der Waals surface area contributed by atoms with Crippen LogP contribution in [-0.4, -0.2) is 49.1 Å². The van der Waals surface area contributed by atoms with Gasteiger partial charge in [-0.3, -0.25) is 18.6 Å². The summed E-state index contributed by atoms with van der Waals surface area (Å²) in [6, 6.07) is 0. The summed E-state index contributed by atoms with van der Waals surface area (Å²) in [7, 11) is -4.36. The van der Waals surface area contributed by atoms with Gasteiger partial charge >= 0.3 is 13.8 Å². The van der Waals surface area contributed by atoms with E-state index in [0.29, 0.717) is 6.42 Å². The number of phosphoric ester groups is 1. The molecule has 0 saturated heterocycles. The van der Waals surface area contributed by atoms with Crippen LogP contribution in [-0.2, 0) is 32.7 Å². The van der Waals surface area contributed by atoms with Gasteiger partial charge in [-0.05, 0) is 82.8 Å². The first kappa shape index (κ1) is 50.5. The van der Waals surface area contributed by atoms with Crippen LogP contribution in [0.5, 0.6) is 0 Å². The number of carbonyl (C=O) groups excluding carboxylic acids is 2. The Morgan fingerprint density at radius 3 is 1.85 bits per heavy atom. The largest absolute Gasteiger partial charge is 0.498 e. The van der Waals surface area contributed by atoms with Gasteiger partial charge in [0.05, 0.1) is 19.5 Å². The first-order valence-corrected chi connectivity index (χ1v) is 21.9. The van der Waals surface area contributed by atoms with E-state index in [9.17, 15) is 19.0 Å². The Morgan fingerprint density at radius 1 is 0.642 bits per heavy atom. The molecule has 0 fully saturated rings. The summed E-state index contributed by atoms with van der Waals surface area (Å²) in [6.07, 6.45) is 45.8. The third-order valence-corrected chi connectivity index (χ3v) is 9.12. The Kier molecular flexibility index (Phi) is 37.3. The van der Waals surface area contributed by atoms with Crippen molar-refractivity contribution in [2.45, 2.75) is 161 Å². The van der Waals surface area contributed by atoms with Gasteiger partial charge in [-0.15, -0.1) is 0 Å². The molecular weight excluding hydrogens is 689 g/mol. The molecule has 0 heterocycles. The van der Waals surface area contributed by atoms with Crippen LogP contribution in [0.1, 0.15) is 155 Å². The molecule has 9 nitrogen and oxygen atoms in total. The van der Waals surface area contributed by atoms with Gasteiger partial charge in [-0.2, -0.15) is 0 Å². The van der Waals surface area contributed by atoms with Gasteiger partial charge in [0.25, 0.3) is 0 Å². The van der Waals surface area contributed by atoms with Gasteiger partial charge in [0.1, 0.15) is 6.61 Å². The summed E-state index contributed by atoms with van der Waals surface area (Å²) < 4.78 is 32.9. The van der Waals surface area contributed by atoms with Crippen LogP contribution < -0.4 is 5.73 Å². The molecular formula is C43H74NO8P. The summed E-state index contributed by atoms with van der Waals surface area (Å²) in [5.74, 6) is -0.646. The van der Waals surface area contributed by atoms with Gasteiger partial charge in [-0.25, -0.2) is 4.57 Å². The second-order valence-electron chi connectivity index (χ2n) is 13.2. The number of carbonyl (C=O) groups is 2. The molecule has 0 aliphatic heterocycles. The van der Waals surface area contributed by atoms with E-state index in [2.05, 4.69) is 50.3 Å². The molecule has 0 aromatic heterocycles. The molecule has 0 aromatic rings. The number of phosphoric acid groups is 1. The highest BCUT2D eigenvalue weighted by Gasteiger charge is 2.25. The quantitative estimate of drug-likeness (QED) is 0.0120.